The van der Waals surface area contributed by atoms with Crippen LogP contribution in [0.5, 0.6) is 5.75 Å². The zero-order valence-corrected chi connectivity index (χ0v) is 22.0. The molecule has 2 aromatic carbocycles. The standard InChI is InChI=1S/C26H33ClN4O3S/c1-4-5-16-34-20-9-6-8-19(17-20)24(32)29-26(35)28-22-11-7-10-21(27)23(22)30-12-14-31(15-13-30)25(33)18(2)3/h6-11,17-18H,4-5,12-16H2,1-3H3,(H2,28,29,32,35). The van der Waals surface area contributed by atoms with E-state index in [-0.39, 0.29) is 22.8 Å². The van der Waals surface area contributed by atoms with Crippen LogP contribution in [-0.2, 0) is 4.79 Å². The molecule has 0 radical (unpaired) electrons. The molecule has 0 bridgehead atoms. The van der Waals surface area contributed by atoms with Crippen LogP contribution in [0.2, 0.25) is 5.02 Å². The number of carbonyl (C=O) groups excluding carboxylic acids is 2. The highest BCUT2D eigenvalue weighted by atomic mass is 35.5. The van der Waals surface area contributed by atoms with E-state index in [9.17, 15) is 9.59 Å². The van der Waals surface area contributed by atoms with Crippen LogP contribution in [0.3, 0.4) is 0 Å². The minimum Gasteiger partial charge on any atom is -0.494 e. The molecule has 0 aromatic heterocycles. The zero-order chi connectivity index (χ0) is 25.4. The lowest BCUT2D eigenvalue weighted by Crippen LogP contribution is -2.50. The smallest absolute Gasteiger partial charge is 0.257 e. The third-order valence-electron chi connectivity index (χ3n) is 5.73. The Morgan fingerprint density at radius 1 is 1.11 bits per heavy atom. The Hall–Kier alpha value is -2.84. The second-order valence-corrected chi connectivity index (χ2v) is 9.56. The molecular weight excluding hydrogens is 484 g/mol. The van der Waals surface area contributed by atoms with Crippen LogP contribution in [0.25, 0.3) is 0 Å². The van der Waals surface area contributed by atoms with Crippen molar-refractivity contribution < 1.29 is 14.3 Å². The average molecular weight is 517 g/mol. The normalized spacial score (nSPS) is 13.5. The maximum Gasteiger partial charge on any atom is 0.257 e. The van der Waals surface area contributed by atoms with Gasteiger partial charge in [-0.1, -0.05) is 50.9 Å². The van der Waals surface area contributed by atoms with Gasteiger partial charge in [-0.2, -0.15) is 0 Å². The Morgan fingerprint density at radius 2 is 1.83 bits per heavy atom. The lowest BCUT2D eigenvalue weighted by atomic mass is 10.1. The fourth-order valence-electron chi connectivity index (χ4n) is 3.84. The molecule has 1 aliphatic rings. The molecule has 9 heteroatoms. The quantitative estimate of drug-likeness (QED) is 0.382. The van der Waals surface area contributed by atoms with Crippen molar-refractivity contribution >= 4 is 52.1 Å². The topological polar surface area (TPSA) is 73.9 Å². The molecular formula is C26H33ClN4O3S. The first-order valence-corrected chi connectivity index (χ1v) is 12.8. The second kappa shape index (κ2) is 12.7. The third kappa shape index (κ3) is 7.32. The first kappa shape index (κ1) is 26.8. The summed E-state index contributed by atoms with van der Waals surface area (Å²) in [6.07, 6.45) is 1.99. The third-order valence-corrected chi connectivity index (χ3v) is 6.24. The van der Waals surface area contributed by atoms with Gasteiger partial charge in [-0.25, -0.2) is 0 Å². The van der Waals surface area contributed by atoms with Crippen molar-refractivity contribution in [3.8, 4) is 5.75 Å². The number of benzene rings is 2. The van der Waals surface area contributed by atoms with Crippen molar-refractivity contribution in [2.24, 2.45) is 5.92 Å². The number of thiocarbonyl (C=S) groups is 1. The van der Waals surface area contributed by atoms with Gasteiger partial charge in [0.15, 0.2) is 5.11 Å². The number of nitrogens with one attached hydrogen (secondary N) is 2. The van der Waals surface area contributed by atoms with Gasteiger partial charge >= 0.3 is 0 Å². The Morgan fingerprint density at radius 3 is 2.51 bits per heavy atom. The van der Waals surface area contributed by atoms with Gasteiger partial charge < -0.3 is 19.9 Å². The fourth-order valence-corrected chi connectivity index (χ4v) is 4.34. The van der Waals surface area contributed by atoms with E-state index in [0.29, 0.717) is 54.8 Å². The molecule has 1 aliphatic heterocycles. The van der Waals surface area contributed by atoms with Gasteiger partial charge in [0.05, 0.1) is 23.0 Å². The summed E-state index contributed by atoms with van der Waals surface area (Å²) in [7, 11) is 0. The summed E-state index contributed by atoms with van der Waals surface area (Å²) in [6.45, 7) is 9.09. The summed E-state index contributed by atoms with van der Waals surface area (Å²) in [6, 6.07) is 12.5. The van der Waals surface area contributed by atoms with Crippen LogP contribution in [0, 0.1) is 5.92 Å². The first-order valence-electron chi connectivity index (χ1n) is 12.0. The number of hydrogen-bond acceptors (Lipinski definition) is 5. The van der Waals surface area contributed by atoms with Gasteiger partial charge in [0.25, 0.3) is 5.91 Å². The minimum absolute atomic E-state index is 0.0244. The van der Waals surface area contributed by atoms with E-state index in [0.717, 1.165) is 18.5 Å². The lowest BCUT2D eigenvalue weighted by Gasteiger charge is -2.38. The number of rotatable bonds is 8. The van der Waals surface area contributed by atoms with Crippen LogP contribution < -0.4 is 20.3 Å². The monoisotopic (exact) mass is 516 g/mol. The van der Waals surface area contributed by atoms with Gasteiger partial charge in [0.1, 0.15) is 5.75 Å². The van der Waals surface area contributed by atoms with E-state index in [4.69, 9.17) is 28.6 Å². The average Bonchev–Trinajstić information content (AvgIpc) is 2.84. The maximum absolute atomic E-state index is 12.8. The van der Waals surface area contributed by atoms with Gasteiger partial charge in [-0.3, -0.25) is 14.9 Å². The number of piperazine rings is 1. The van der Waals surface area contributed by atoms with Crippen molar-refractivity contribution in [1.29, 1.82) is 0 Å². The van der Waals surface area contributed by atoms with E-state index in [1.165, 1.54) is 0 Å². The fraction of sp³-hybridized carbons (Fsp3) is 0.423. The molecule has 2 amide bonds. The summed E-state index contributed by atoms with van der Waals surface area (Å²) in [5, 5.41) is 6.60. The van der Waals surface area contributed by atoms with E-state index < -0.39 is 0 Å². The number of anilines is 2. The molecule has 0 saturated carbocycles. The van der Waals surface area contributed by atoms with Crippen LogP contribution >= 0.6 is 23.8 Å². The molecule has 1 heterocycles. The SMILES string of the molecule is CCCCOc1cccc(C(=O)NC(=S)Nc2cccc(Cl)c2N2CCN(C(=O)C(C)C)CC2)c1. The summed E-state index contributed by atoms with van der Waals surface area (Å²) < 4.78 is 5.70. The predicted molar refractivity (Wildman–Crippen MR) is 146 cm³/mol. The van der Waals surface area contributed by atoms with Crippen molar-refractivity contribution in [2.45, 2.75) is 33.6 Å². The van der Waals surface area contributed by atoms with E-state index in [1.807, 2.05) is 43.0 Å². The Bertz CT molecular complexity index is 1050. The van der Waals surface area contributed by atoms with Crippen LogP contribution in [0.15, 0.2) is 42.5 Å². The minimum atomic E-state index is -0.326. The van der Waals surface area contributed by atoms with Gasteiger partial charge in [-0.05, 0) is 49.0 Å². The molecule has 2 aromatic rings. The number of ether oxygens (including phenoxy) is 1. The Kier molecular flexibility index (Phi) is 9.74. The molecule has 0 spiro atoms. The van der Waals surface area contributed by atoms with Gasteiger partial charge in [-0.15, -0.1) is 0 Å². The van der Waals surface area contributed by atoms with Crippen LogP contribution in [-0.4, -0.2) is 54.6 Å². The molecule has 0 unspecified atom stereocenters. The largest absolute Gasteiger partial charge is 0.494 e. The van der Waals surface area contributed by atoms with E-state index >= 15 is 0 Å². The summed E-state index contributed by atoms with van der Waals surface area (Å²) in [5.41, 5.74) is 1.96. The number of carbonyl (C=O) groups is 2. The number of para-hydroxylation sites is 1. The molecule has 0 atom stereocenters. The first-order chi connectivity index (χ1) is 16.8. The highest BCUT2D eigenvalue weighted by Crippen LogP contribution is 2.34. The zero-order valence-electron chi connectivity index (χ0n) is 20.5. The molecule has 7 nitrogen and oxygen atoms in total. The highest BCUT2D eigenvalue weighted by Gasteiger charge is 2.25. The summed E-state index contributed by atoms with van der Waals surface area (Å²) in [5.74, 6) is 0.458. The lowest BCUT2D eigenvalue weighted by molar-refractivity contribution is -0.134. The summed E-state index contributed by atoms with van der Waals surface area (Å²) >= 11 is 12.0. The second-order valence-electron chi connectivity index (χ2n) is 8.74. The highest BCUT2D eigenvalue weighted by molar-refractivity contribution is 7.80. The van der Waals surface area contributed by atoms with E-state index in [1.54, 1.807) is 18.2 Å². The van der Waals surface area contributed by atoms with Crippen molar-refractivity contribution in [1.82, 2.24) is 10.2 Å². The number of hydrogen-bond donors (Lipinski definition) is 2. The molecule has 1 fully saturated rings. The predicted octanol–water partition coefficient (Wildman–Crippen LogP) is 4.95. The maximum atomic E-state index is 12.8. The number of amides is 2. The molecule has 35 heavy (non-hydrogen) atoms. The molecule has 1 saturated heterocycles. The van der Waals surface area contributed by atoms with Crippen LogP contribution in [0.1, 0.15) is 44.0 Å². The molecule has 3 rings (SSSR count). The molecule has 0 aliphatic carbocycles. The molecule has 188 valence electrons. The van der Waals surface area contributed by atoms with E-state index in [2.05, 4.69) is 22.5 Å². The van der Waals surface area contributed by atoms with Crippen molar-refractivity contribution in [3.63, 3.8) is 0 Å². The van der Waals surface area contributed by atoms with Crippen molar-refractivity contribution in [3.05, 3.63) is 53.1 Å². The Labute approximate surface area is 217 Å². The summed E-state index contributed by atoms with van der Waals surface area (Å²) in [4.78, 5) is 29.1. The van der Waals surface area contributed by atoms with Gasteiger partial charge in [0.2, 0.25) is 5.91 Å². The number of nitrogens with zero attached hydrogens (tertiary/aromatic N) is 2. The van der Waals surface area contributed by atoms with Crippen molar-refractivity contribution in [2.75, 3.05) is 43.0 Å². The number of unbranched alkanes of at least 4 members (excludes halogenated alkanes) is 1. The van der Waals surface area contributed by atoms with Gasteiger partial charge in [0, 0.05) is 37.7 Å². The Balaban J connectivity index is 1.64. The number of halogens is 1. The molecule has 2 N–H and O–H groups in total. The van der Waals surface area contributed by atoms with Crippen LogP contribution in [0.4, 0.5) is 11.4 Å².